The number of carbonyl (C=O) groups is 1. The molecular weight excluding hydrogens is 432 g/mol. The van der Waals surface area contributed by atoms with E-state index in [1.807, 2.05) is 0 Å². The highest BCUT2D eigenvalue weighted by Crippen LogP contribution is 2.44. The van der Waals surface area contributed by atoms with Crippen molar-refractivity contribution in [3.05, 3.63) is 56.2 Å². The van der Waals surface area contributed by atoms with Crippen molar-refractivity contribution >= 4 is 27.9 Å². The lowest BCUT2D eigenvalue weighted by Gasteiger charge is -2.16. The molecule has 32 heavy (non-hydrogen) atoms. The van der Waals surface area contributed by atoms with Crippen molar-refractivity contribution in [3.63, 3.8) is 0 Å². The van der Waals surface area contributed by atoms with Gasteiger partial charge in [0.2, 0.25) is 0 Å². The maximum atomic E-state index is 12.5. The maximum Gasteiger partial charge on any atom is 0.344 e. The number of carboxylic acid groups (broad SMARTS) is 1. The second-order valence-electron chi connectivity index (χ2n) is 6.75. The summed E-state index contributed by atoms with van der Waals surface area (Å²) >= 11 is 0. The van der Waals surface area contributed by atoms with E-state index in [-0.39, 0.29) is 0 Å². The molecule has 0 aliphatic rings. The molecule has 0 spiro atoms. The van der Waals surface area contributed by atoms with Crippen LogP contribution in [-0.2, 0) is 4.79 Å². The van der Waals surface area contributed by atoms with Gasteiger partial charge in [-0.1, -0.05) is 0 Å². The van der Waals surface area contributed by atoms with E-state index < -0.39 is 90.7 Å². The molecule has 0 bridgehead atoms. The Morgan fingerprint density at radius 1 is 0.688 bits per heavy atom. The van der Waals surface area contributed by atoms with Gasteiger partial charge in [0, 0.05) is 24.3 Å². The molecule has 12 nitrogen and oxygen atoms in total. The molecule has 4 aromatic rings. The van der Waals surface area contributed by atoms with Crippen LogP contribution < -0.4 is 11.3 Å². The Morgan fingerprint density at radius 3 is 1.41 bits per heavy atom. The summed E-state index contributed by atoms with van der Waals surface area (Å²) in [7, 11) is 0. The molecule has 0 radical (unpaired) electrons. The van der Waals surface area contributed by atoms with Crippen molar-refractivity contribution in [1.82, 2.24) is 0 Å². The monoisotopic (exact) mass is 444 g/mol. The van der Waals surface area contributed by atoms with Crippen LogP contribution in [0.4, 0.5) is 0 Å². The van der Waals surface area contributed by atoms with Gasteiger partial charge >= 0.3 is 17.2 Å². The highest BCUT2D eigenvalue weighted by atomic mass is 16.4. The van der Waals surface area contributed by atoms with Crippen LogP contribution in [0.1, 0.15) is 17.0 Å². The Bertz CT molecular complexity index is 1450. The molecule has 7 N–H and O–H groups in total. The number of hydrogen-bond acceptors (Lipinski definition) is 11. The topological polar surface area (TPSA) is 219 Å². The second-order valence-corrected chi connectivity index (χ2v) is 6.75. The van der Waals surface area contributed by atoms with E-state index in [0.29, 0.717) is 0 Å². The largest absolute Gasteiger partial charge is 0.508 e. The summed E-state index contributed by atoms with van der Waals surface area (Å²) in [5, 5.41) is 69.0. The SMILES string of the molecule is O=C(O)C(c1c(O)c2c(O)cc(O)cc2oc1=O)c1c(O)c2c(O)cc(O)cc2oc1=O. The first-order valence-corrected chi connectivity index (χ1v) is 8.67. The highest BCUT2D eigenvalue weighted by molar-refractivity contribution is 5.96. The van der Waals surface area contributed by atoms with Crippen LogP contribution in [0.2, 0.25) is 0 Å². The fraction of sp³-hybridized carbons (Fsp3) is 0.0500. The van der Waals surface area contributed by atoms with Gasteiger partial charge in [0.25, 0.3) is 0 Å². The third-order valence-corrected chi connectivity index (χ3v) is 4.79. The number of aliphatic carboxylic acids is 1. The predicted octanol–water partition coefficient (Wildman–Crippen LogP) is 1.35. The molecule has 0 amide bonds. The predicted molar refractivity (Wildman–Crippen MR) is 104 cm³/mol. The lowest BCUT2D eigenvalue weighted by atomic mass is 9.90. The van der Waals surface area contributed by atoms with Gasteiger partial charge in [0.05, 0.1) is 11.1 Å². The molecule has 0 unspecified atom stereocenters. The molecule has 164 valence electrons. The Labute approximate surface area is 174 Å². The van der Waals surface area contributed by atoms with Crippen LogP contribution in [0.5, 0.6) is 34.5 Å². The Morgan fingerprint density at radius 2 is 1.06 bits per heavy atom. The summed E-state index contributed by atoms with van der Waals surface area (Å²) in [6.45, 7) is 0. The van der Waals surface area contributed by atoms with E-state index in [4.69, 9.17) is 8.83 Å². The van der Waals surface area contributed by atoms with Gasteiger partial charge in [-0.15, -0.1) is 0 Å². The number of benzene rings is 2. The molecule has 0 saturated carbocycles. The van der Waals surface area contributed by atoms with Crippen LogP contribution in [-0.4, -0.2) is 41.7 Å². The van der Waals surface area contributed by atoms with E-state index in [9.17, 15) is 50.1 Å². The third kappa shape index (κ3) is 2.89. The molecule has 0 aliphatic carbocycles. The summed E-state index contributed by atoms with van der Waals surface area (Å²) in [4.78, 5) is 37.2. The molecule has 0 saturated heterocycles. The molecule has 0 atom stereocenters. The number of carboxylic acids is 1. The molecular formula is C20H12O12. The minimum atomic E-state index is -2.36. The van der Waals surface area contributed by atoms with E-state index >= 15 is 0 Å². The molecule has 0 fully saturated rings. The number of aromatic hydroxyl groups is 6. The van der Waals surface area contributed by atoms with Gasteiger partial charge in [0.1, 0.15) is 62.4 Å². The van der Waals surface area contributed by atoms with Gasteiger partial charge in [-0.25, -0.2) is 9.59 Å². The van der Waals surface area contributed by atoms with Crippen molar-refractivity contribution in [1.29, 1.82) is 0 Å². The summed E-state index contributed by atoms with van der Waals surface area (Å²) in [5.41, 5.74) is -5.96. The number of fused-ring (bicyclic) bond motifs is 2. The molecule has 4 rings (SSSR count). The average Bonchev–Trinajstić information content (AvgIpc) is 2.64. The lowest BCUT2D eigenvalue weighted by Crippen LogP contribution is -2.26. The third-order valence-electron chi connectivity index (χ3n) is 4.79. The fourth-order valence-electron chi connectivity index (χ4n) is 3.48. The Kier molecular flexibility index (Phi) is 4.36. The number of hydrogen-bond donors (Lipinski definition) is 7. The van der Waals surface area contributed by atoms with Crippen LogP contribution in [0, 0.1) is 0 Å². The summed E-state index contributed by atoms with van der Waals surface area (Å²) in [5.74, 6) is -9.02. The molecule has 2 aromatic carbocycles. The molecule has 2 aromatic heterocycles. The van der Waals surface area contributed by atoms with E-state index in [1.165, 1.54) is 0 Å². The Hall–Kier alpha value is -4.87. The summed E-state index contributed by atoms with van der Waals surface area (Å²) < 4.78 is 9.80. The van der Waals surface area contributed by atoms with Gasteiger partial charge in [-0.3, -0.25) is 4.79 Å². The summed E-state index contributed by atoms with van der Waals surface area (Å²) in [6, 6.07) is 3.33. The van der Waals surface area contributed by atoms with Gasteiger partial charge in [0.15, 0.2) is 0 Å². The van der Waals surface area contributed by atoms with Crippen LogP contribution in [0.15, 0.2) is 42.7 Å². The zero-order chi connectivity index (χ0) is 23.5. The van der Waals surface area contributed by atoms with E-state index in [0.717, 1.165) is 24.3 Å². The Balaban J connectivity index is 2.13. The first-order chi connectivity index (χ1) is 15.0. The van der Waals surface area contributed by atoms with Gasteiger partial charge < -0.3 is 44.6 Å². The van der Waals surface area contributed by atoms with E-state index in [2.05, 4.69) is 0 Å². The number of rotatable bonds is 3. The minimum Gasteiger partial charge on any atom is -0.508 e. The van der Waals surface area contributed by atoms with Crippen molar-refractivity contribution < 1.29 is 49.4 Å². The molecule has 12 heteroatoms. The minimum absolute atomic E-state index is 0.485. The quantitative estimate of drug-likeness (QED) is 0.223. The van der Waals surface area contributed by atoms with Gasteiger partial charge in [-0.2, -0.15) is 0 Å². The van der Waals surface area contributed by atoms with Crippen molar-refractivity contribution in [2.45, 2.75) is 5.92 Å². The zero-order valence-electron chi connectivity index (χ0n) is 15.6. The van der Waals surface area contributed by atoms with Crippen molar-refractivity contribution in [2.75, 3.05) is 0 Å². The standard InChI is InChI=1S/C20H12O12/c21-5-1-7(23)11-9(3-5)31-19(29)14(16(11)25)13(18(27)28)15-17(26)12-8(24)2-6(22)4-10(12)32-20(15)30/h1-4,13,21-26H,(H,27,28). The first kappa shape index (κ1) is 20.4. The fourth-order valence-corrected chi connectivity index (χ4v) is 3.48. The smallest absolute Gasteiger partial charge is 0.344 e. The van der Waals surface area contributed by atoms with Gasteiger partial charge in [-0.05, 0) is 0 Å². The number of phenols is 4. The van der Waals surface area contributed by atoms with Crippen LogP contribution in [0.3, 0.4) is 0 Å². The number of phenolic OH excluding ortho intramolecular Hbond substituents is 4. The van der Waals surface area contributed by atoms with E-state index in [1.54, 1.807) is 0 Å². The molecule has 2 heterocycles. The second kappa shape index (κ2) is 6.84. The zero-order valence-corrected chi connectivity index (χ0v) is 15.6. The van der Waals surface area contributed by atoms with Crippen molar-refractivity contribution in [3.8, 4) is 34.5 Å². The highest BCUT2D eigenvalue weighted by Gasteiger charge is 2.37. The molecule has 0 aliphatic heterocycles. The first-order valence-electron chi connectivity index (χ1n) is 8.67. The average molecular weight is 444 g/mol. The lowest BCUT2D eigenvalue weighted by molar-refractivity contribution is -0.137. The van der Waals surface area contributed by atoms with Crippen LogP contribution >= 0.6 is 0 Å². The maximum absolute atomic E-state index is 12.5. The summed E-state index contributed by atoms with van der Waals surface area (Å²) in [6.07, 6.45) is 0. The van der Waals surface area contributed by atoms with Crippen LogP contribution in [0.25, 0.3) is 21.9 Å². The van der Waals surface area contributed by atoms with Crippen molar-refractivity contribution in [2.24, 2.45) is 0 Å². The normalized spacial score (nSPS) is 11.4.